The van der Waals surface area contributed by atoms with E-state index in [9.17, 15) is 0 Å². The Morgan fingerprint density at radius 1 is 1.36 bits per heavy atom. The molecule has 2 nitrogen and oxygen atoms in total. The fourth-order valence-electron chi connectivity index (χ4n) is 3.03. The lowest BCUT2D eigenvalue weighted by atomic mass is 9.78. The third-order valence-electron chi connectivity index (χ3n) is 3.77. The van der Waals surface area contributed by atoms with Gasteiger partial charge in [-0.3, -0.25) is 0 Å². The van der Waals surface area contributed by atoms with E-state index >= 15 is 0 Å². The lowest BCUT2D eigenvalue weighted by molar-refractivity contribution is 0.377. The molecule has 1 aliphatic carbocycles. The molecule has 2 aliphatic rings. The highest BCUT2D eigenvalue weighted by Crippen LogP contribution is 2.39. The van der Waals surface area contributed by atoms with Gasteiger partial charge >= 0.3 is 0 Å². The summed E-state index contributed by atoms with van der Waals surface area (Å²) >= 11 is 0. The zero-order valence-electron chi connectivity index (χ0n) is 8.46. The molecule has 0 bridgehead atoms. The average Bonchev–Trinajstić information content (AvgIpc) is 2.88. The second-order valence-electron chi connectivity index (χ2n) is 4.55. The number of furan rings is 1. The summed E-state index contributed by atoms with van der Waals surface area (Å²) in [5.74, 6) is 2.88. The first-order valence-corrected chi connectivity index (χ1v) is 5.72. The van der Waals surface area contributed by atoms with Crippen LogP contribution in [0.25, 0.3) is 0 Å². The van der Waals surface area contributed by atoms with E-state index in [-0.39, 0.29) is 0 Å². The number of hydrogen-bond donors (Lipinski definition) is 1. The Morgan fingerprint density at radius 3 is 3.21 bits per heavy atom. The summed E-state index contributed by atoms with van der Waals surface area (Å²) in [5.41, 5.74) is 1.50. The molecule has 0 spiro atoms. The fourth-order valence-corrected chi connectivity index (χ4v) is 3.03. The molecule has 0 radical (unpaired) electrons. The first-order valence-electron chi connectivity index (χ1n) is 5.72. The highest BCUT2D eigenvalue weighted by atomic mass is 16.3. The van der Waals surface area contributed by atoms with Crippen LogP contribution in [0.15, 0.2) is 16.7 Å². The molecule has 1 aromatic rings. The van der Waals surface area contributed by atoms with E-state index < -0.39 is 0 Å². The van der Waals surface area contributed by atoms with Gasteiger partial charge in [-0.25, -0.2) is 0 Å². The van der Waals surface area contributed by atoms with Crippen LogP contribution in [0.1, 0.15) is 36.5 Å². The minimum atomic E-state index is 0.771. The van der Waals surface area contributed by atoms with Crippen molar-refractivity contribution in [3.05, 3.63) is 23.7 Å². The Morgan fingerprint density at radius 2 is 2.36 bits per heavy atom. The third kappa shape index (κ3) is 1.29. The molecule has 1 saturated heterocycles. The van der Waals surface area contributed by atoms with Crippen molar-refractivity contribution < 1.29 is 4.42 Å². The van der Waals surface area contributed by atoms with E-state index in [0.29, 0.717) is 0 Å². The van der Waals surface area contributed by atoms with E-state index in [2.05, 4.69) is 11.4 Å². The Balaban J connectivity index is 1.88. The molecule has 0 saturated carbocycles. The van der Waals surface area contributed by atoms with Crippen LogP contribution in [-0.2, 0) is 6.42 Å². The van der Waals surface area contributed by atoms with Crippen LogP contribution in [0.3, 0.4) is 0 Å². The van der Waals surface area contributed by atoms with Gasteiger partial charge in [-0.05, 0) is 55.8 Å². The maximum Gasteiger partial charge on any atom is 0.107 e. The van der Waals surface area contributed by atoms with Crippen LogP contribution >= 0.6 is 0 Å². The highest BCUT2D eigenvalue weighted by Gasteiger charge is 2.31. The van der Waals surface area contributed by atoms with Crippen LogP contribution in [0.5, 0.6) is 0 Å². The molecule has 2 unspecified atom stereocenters. The van der Waals surface area contributed by atoms with E-state index in [1.165, 1.54) is 43.7 Å². The van der Waals surface area contributed by atoms with Crippen molar-refractivity contribution in [2.75, 3.05) is 13.1 Å². The Bertz CT molecular complexity index is 312. The van der Waals surface area contributed by atoms with Crippen molar-refractivity contribution in [1.82, 2.24) is 5.32 Å². The lowest BCUT2D eigenvalue weighted by Gasteiger charge is -2.26. The fraction of sp³-hybridized carbons (Fsp3) is 0.667. The van der Waals surface area contributed by atoms with Gasteiger partial charge in [0.05, 0.1) is 6.26 Å². The van der Waals surface area contributed by atoms with Gasteiger partial charge in [-0.2, -0.15) is 0 Å². The zero-order valence-corrected chi connectivity index (χ0v) is 8.46. The van der Waals surface area contributed by atoms with Crippen molar-refractivity contribution in [3.63, 3.8) is 0 Å². The molecule has 1 fully saturated rings. The van der Waals surface area contributed by atoms with Crippen LogP contribution < -0.4 is 5.32 Å². The predicted octanol–water partition coefficient (Wildman–Crippen LogP) is 2.31. The topological polar surface area (TPSA) is 25.2 Å². The second-order valence-corrected chi connectivity index (χ2v) is 4.55. The summed E-state index contributed by atoms with van der Waals surface area (Å²) in [4.78, 5) is 0. The predicted molar refractivity (Wildman–Crippen MR) is 55.4 cm³/mol. The molecule has 2 heteroatoms. The van der Waals surface area contributed by atoms with E-state index in [1.807, 2.05) is 6.26 Å². The summed E-state index contributed by atoms with van der Waals surface area (Å²) < 4.78 is 5.53. The molecule has 0 amide bonds. The normalized spacial score (nSPS) is 31.7. The molecular formula is C12H17NO. The van der Waals surface area contributed by atoms with Crippen molar-refractivity contribution in [2.45, 2.75) is 31.6 Å². The van der Waals surface area contributed by atoms with Crippen LogP contribution in [0.4, 0.5) is 0 Å². The van der Waals surface area contributed by atoms with E-state index in [1.54, 1.807) is 0 Å². The van der Waals surface area contributed by atoms with Gasteiger partial charge < -0.3 is 9.73 Å². The smallest absolute Gasteiger partial charge is 0.107 e. The van der Waals surface area contributed by atoms with Crippen LogP contribution in [0, 0.1) is 5.92 Å². The quantitative estimate of drug-likeness (QED) is 0.737. The number of fused-ring (bicyclic) bond motifs is 1. The molecule has 1 aliphatic heterocycles. The highest BCUT2D eigenvalue weighted by molar-refractivity contribution is 5.25. The van der Waals surface area contributed by atoms with Gasteiger partial charge in [0.15, 0.2) is 0 Å². The van der Waals surface area contributed by atoms with Crippen molar-refractivity contribution in [2.24, 2.45) is 5.92 Å². The summed E-state index contributed by atoms with van der Waals surface area (Å²) in [7, 11) is 0. The van der Waals surface area contributed by atoms with Gasteiger partial charge in [-0.15, -0.1) is 0 Å². The molecule has 1 aromatic heterocycles. The number of hydrogen-bond acceptors (Lipinski definition) is 2. The van der Waals surface area contributed by atoms with E-state index in [4.69, 9.17) is 4.42 Å². The molecular weight excluding hydrogens is 174 g/mol. The minimum Gasteiger partial charge on any atom is -0.469 e. The van der Waals surface area contributed by atoms with Gasteiger partial charge in [-0.1, -0.05) is 0 Å². The first kappa shape index (κ1) is 8.54. The summed E-state index contributed by atoms with van der Waals surface area (Å²) in [5, 5.41) is 3.46. The summed E-state index contributed by atoms with van der Waals surface area (Å²) in [6.07, 6.45) is 7.03. The standard InChI is InChI=1S/C12H17NO/c1-2-10(9-4-6-13-8-9)11-5-7-14-12(11)3-1/h5,7,9-10,13H,1-4,6,8H2. The average molecular weight is 191 g/mol. The van der Waals surface area contributed by atoms with Gasteiger partial charge in [0.2, 0.25) is 0 Å². The molecule has 2 atom stereocenters. The molecule has 76 valence electrons. The van der Waals surface area contributed by atoms with Gasteiger partial charge in [0.25, 0.3) is 0 Å². The third-order valence-corrected chi connectivity index (χ3v) is 3.77. The first-order chi connectivity index (χ1) is 6.95. The Kier molecular flexibility index (Phi) is 2.09. The zero-order chi connectivity index (χ0) is 9.38. The number of nitrogens with one attached hydrogen (secondary N) is 1. The van der Waals surface area contributed by atoms with Gasteiger partial charge in [0.1, 0.15) is 5.76 Å². The number of rotatable bonds is 1. The lowest BCUT2D eigenvalue weighted by Crippen LogP contribution is -2.19. The van der Waals surface area contributed by atoms with Crippen LogP contribution in [0.2, 0.25) is 0 Å². The van der Waals surface area contributed by atoms with Crippen molar-refractivity contribution in [1.29, 1.82) is 0 Å². The molecule has 1 N–H and O–H groups in total. The number of aryl methyl sites for hydroxylation is 1. The van der Waals surface area contributed by atoms with Gasteiger partial charge in [0, 0.05) is 6.42 Å². The Labute approximate surface area is 84.7 Å². The largest absolute Gasteiger partial charge is 0.469 e. The molecule has 3 rings (SSSR count). The molecule has 0 aromatic carbocycles. The van der Waals surface area contributed by atoms with Crippen LogP contribution in [-0.4, -0.2) is 13.1 Å². The maximum absolute atomic E-state index is 5.53. The van der Waals surface area contributed by atoms with Crippen molar-refractivity contribution >= 4 is 0 Å². The Hall–Kier alpha value is -0.760. The SMILES string of the molecule is c1cc2c(o1)CCCC2C1CCNC1. The summed E-state index contributed by atoms with van der Waals surface area (Å²) in [6, 6.07) is 2.19. The second kappa shape index (κ2) is 3.43. The molecule has 2 heterocycles. The molecule has 14 heavy (non-hydrogen) atoms. The minimum absolute atomic E-state index is 0.771. The van der Waals surface area contributed by atoms with E-state index in [0.717, 1.165) is 18.3 Å². The summed E-state index contributed by atoms with van der Waals surface area (Å²) in [6.45, 7) is 2.41. The maximum atomic E-state index is 5.53. The van der Waals surface area contributed by atoms with Crippen molar-refractivity contribution in [3.8, 4) is 0 Å². The monoisotopic (exact) mass is 191 g/mol.